The summed E-state index contributed by atoms with van der Waals surface area (Å²) in [7, 11) is 1.45. The largest absolute Gasteiger partial charge is 0.302 e. The fraction of sp³-hybridized carbons (Fsp3) is 1.00. The molecule has 0 spiro atoms. The average Bonchev–Trinajstić information content (AvgIpc) is 2.11. The SMILES string of the molecule is CC(C)C(CN(C)[C@H](C)C[S@@](C)=O)C(C)C. The highest BCUT2D eigenvalue weighted by atomic mass is 32.2. The van der Waals surface area contributed by atoms with Crippen molar-refractivity contribution in [3.63, 3.8) is 0 Å². The molecular weight excluding hydrogens is 218 g/mol. The van der Waals surface area contributed by atoms with E-state index < -0.39 is 10.8 Å². The molecule has 0 bridgehead atoms. The van der Waals surface area contributed by atoms with Crippen molar-refractivity contribution in [3.05, 3.63) is 0 Å². The molecule has 0 aromatic heterocycles. The van der Waals surface area contributed by atoms with Crippen LogP contribution in [-0.2, 0) is 10.8 Å². The van der Waals surface area contributed by atoms with Crippen molar-refractivity contribution >= 4 is 10.8 Å². The summed E-state index contributed by atoms with van der Waals surface area (Å²) >= 11 is 0. The highest BCUT2D eigenvalue weighted by Gasteiger charge is 2.21. The molecule has 3 heteroatoms. The molecule has 0 unspecified atom stereocenters. The maximum atomic E-state index is 11.2. The van der Waals surface area contributed by atoms with Gasteiger partial charge in [-0.05, 0) is 31.7 Å². The summed E-state index contributed by atoms with van der Waals surface area (Å²) in [6, 6.07) is 0.408. The lowest BCUT2D eigenvalue weighted by atomic mass is 9.85. The quantitative estimate of drug-likeness (QED) is 0.689. The summed E-state index contributed by atoms with van der Waals surface area (Å²) < 4.78 is 11.2. The van der Waals surface area contributed by atoms with Crippen molar-refractivity contribution in [2.45, 2.75) is 40.7 Å². The average molecular weight is 247 g/mol. The van der Waals surface area contributed by atoms with E-state index in [2.05, 4.69) is 46.6 Å². The topological polar surface area (TPSA) is 20.3 Å². The molecule has 0 rings (SSSR count). The van der Waals surface area contributed by atoms with Gasteiger partial charge in [-0.15, -0.1) is 0 Å². The van der Waals surface area contributed by atoms with Gasteiger partial charge in [0, 0.05) is 35.4 Å². The third-order valence-corrected chi connectivity index (χ3v) is 4.39. The lowest BCUT2D eigenvalue weighted by Crippen LogP contribution is -2.39. The summed E-state index contributed by atoms with van der Waals surface area (Å²) in [5.74, 6) is 2.92. The van der Waals surface area contributed by atoms with Crippen LogP contribution in [0.3, 0.4) is 0 Å². The first-order chi connectivity index (χ1) is 7.25. The minimum atomic E-state index is -0.694. The van der Waals surface area contributed by atoms with Crippen molar-refractivity contribution < 1.29 is 4.21 Å². The van der Waals surface area contributed by atoms with E-state index in [4.69, 9.17) is 0 Å². The van der Waals surface area contributed by atoms with E-state index in [0.29, 0.717) is 17.9 Å². The molecule has 2 nitrogen and oxygen atoms in total. The Labute approximate surface area is 104 Å². The lowest BCUT2D eigenvalue weighted by Gasteiger charge is -2.33. The molecule has 0 aliphatic heterocycles. The van der Waals surface area contributed by atoms with Crippen LogP contribution in [0.4, 0.5) is 0 Å². The molecule has 98 valence electrons. The van der Waals surface area contributed by atoms with Crippen LogP contribution < -0.4 is 0 Å². The van der Waals surface area contributed by atoms with Crippen molar-refractivity contribution in [2.24, 2.45) is 17.8 Å². The number of nitrogens with zero attached hydrogens (tertiary/aromatic N) is 1. The van der Waals surface area contributed by atoms with Crippen molar-refractivity contribution in [1.82, 2.24) is 4.90 Å². The predicted molar refractivity (Wildman–Crippen MR) is 74.2 cm³/mol. The maximum absolute atomic E-state index is 11.2. The molecule has 2 atom stereocenters. The van der Waals surface area contributed by atoms with E-state index in [1.54, 1.807) is 6.26 Å². The molecule has 0 saturated carbocycles. The van der Waals surface area contributed by atoms with Crippen LogP contribution in [-0.4, -0.2) is 40.8 Å². The van der Waals surface area contributed by atoms with Gasteiger partial charge in [0.2, 0.25) is 0 Å². The minimum Gasteiger partial charge on any atom is -0.302 e. The Kier molecular flexibility index (Phi) is 7.49. The first kappa shape index (κ1) is 16.1. The van der Waals surface area contributed by atoms with Crippen LogP contribution in [0.2, 0.25) is 0 Å². The van der Waals surface area contributed by atoms with Gasteiger partial charge in [-0.1, -0.05) is 27.7 Å². The number of rotatable bonds is 7. The number of hydrogen-bond acceptors (Lipinski definition) is 2. The number of hydrogen-bond donors (Lipinski definition) is 0. The third kappa shape index (κ3) is 6.00. The van der Waals surface area contributed by atoms with Gasteiger partial charge in [0.1, 0.15) is 0 Å². The second kappa shape index (κ2) is 7.44. The molecule has 0 aromatic rings. The molecule has 16 heavy (non-hydrogen) atoms. The minimum absolute atomic E-state index is 0.408. The van der Waals surface area contributed by atoms with Gasteiger partial charge in [0.25, 0.3) is 0 Å². The Balaban J connectivity index is 4.28. The van der Waals surface area contributed by atoms with Crippen LogP contribution in [0.5, 0.6) is 0 Å². The third-order valence-electron chi connectivity index (χ3n) is 3.44. The van der Waals surface area contributed by atoms with Gasteiger partial charge in [-0.25, -0.2) is 0 Å². The van der Waals surface area contributed by atoms with Crippen molar-refractivity contribution in [2.75, 3.05) is 25.6 Å². The summed E-state index contributed by atoms with van der Waals surface area (Å²) in [6.07, 6.45) is 1.78. The first-order valence-electron chi connectivity index (χ1n) is 6.26. The fourth-order valence-corrected chi connectivity index (χ4v) is 3.10. The lowest BCUT2D eigenvalue weighted by molar-refractivity contribution is 0.167. The van der Waals surface area contributed by atoms with Crippen LogP contribution in [0, 0.1) is 17.8 Å². The predicted octanol–water partition coefficient (Wildman–Crippen LogP) is 2.61. The molecule has 0 heterocycles. The Hall–Kier alpha value is 0.110. The van der Waals surface area contributed by atoms with E-state index in [0.717, 1.165) is 18.2 Å². The molecule has 0 aromatic carbocycles. The van der Waals surface area contributed by atoms with Gasteiger partial charge >= 0.3 is 0 Å². The van der Waals surface area contributed by atoms with E-state index in [1.165, 1.54) is 0 Å². The van der Waals surface area contributed by atoms with Gasteiger partial charge in [0.05, 0.1) is 0 Å². The molecule has 0 saturated heterocycles. The van der Waals surface area contributed by atoms with E-state index >= 15 is 0 Å². The van der Waals surface area contributed by atoms with Gasteiger partial charge in [-0.2, -0.15) is 0 Å². The highest BCUT2D eigenvalue weighted by Crippen LogP contribution is 2.22. The maximum Gasteiger partial charge on any atom is 0.0385 e. The standard InChI is InChI=1S/C13H29NOS/c1-10(2)13(11(3)4)8-14(6)12(5)9-16(7)15/h10-13H,8-9H2,1-7H3/t12-,16-/m1/s1. The molecule has 0 aliphatic carbocycles. The van der Waals surface area contributed by atoms with Gasteiger partial charge in [-0.3, -0.25) is 4.21 Å². The Morgan fingerprint density at radius 1 is 1.06 bits per heavy atom. The molecule has 0 radical (unpaired) electrons. The van der Waals surface area contributed by atoms with Crippen LogP contribution in [0.15, 0.2) is 0 Å². The van der Waals surface area contributed by atoms with E-state index in [9.17, 15) is 4.21 Å². The second-order valence-electron chi connectivity index (χ2n) is 5.68. The zero-order valence-corrected chi connectivity index (χ0v) is 12.8. The smallest absolute Gasteiger partial charge is 0.0385 e. The zero-order chi connectivity index (χ0) is 12.9. The normalized spacial score (nSPS) is 16.4. The van der Waals surface area contributed by atoms with Gasteiger partial charge in [0.15, 0.2) is 0 Å². The first-order valence-corrected chi connectivity index (χ1v) is 7.98. The van der Waals surface area contributed by atoms with Gasteiger partial charge < -0.3 is 4.90 Å². The van der Waals surface area contributed by atoms with Crippen molar-refractivity contribution in [1.29, 1.82) is 0 Å². The Bertz CT molecular complexity index is 208. The monoisotopic (exact) mass is 247 g/mol. The van der Waals surface area contributed by atoms with Crippen LogP contribution in [0.25, 0.3) is 0 Å². The van der Waals surface area contributed by atoms with E-state index in [-0.39, 0.29) is 0 Å². The highest BCUT2D eigenvalue weighted by molar-refractivity contribution is 7.84. The second-order valence-corrected chi connectivity index (χ2v) is 7.16. The van der Waals surface area contributed by atoms with E-state index in [1.807, 2.05) is 0 Å². The molecular formula is C13H29NOS. The summed E-state index contributed by atoms with van der Waals surface area (Å²) in [5.41, 5.74) is 0. The zero-order valence-electron chi connectivity index (χ0n) is 12.0. The summed E-state index contributed by atoms with van der Waals surface area (Å²) in [5, 5.41) is 0. The van der Waals surface area contributed by atoms with Crippen LogP contribution >= 0.6 is 0 Å². The summed E-state index contributed by atoms with van der Waals surface area (Å²) in [6.45, 7) is 12.4. The van der Waals surface area contributed by atoms with Crippen molar-refractivity contribution in [3.8, 4) is 0 Å². The Morgan fingerprint density at radius 3 is 1.81 bits per heavy atom. The molecule has 0 N–H and O–H groups in total. The molecule has 0 fully saturated rings. The van der Waals surface area contributed by atoms with Crippen LogP contribution in [0.1, 0.15) is 34.6 Å². The summed E-state index contributed by atoms with van der Waals surface area (Å²) in [4.78, 5) is 2.35. The Morgan fingerprint density at radius 2 is 1.50 bits per heavy atom. The fourth-order valence-electron chi connectivity index (χ4n) is 2.17. The molecule has 0 aliphatic rings. The molecule has 0 amide bonds.